The zero-order chi connectivity index (χ0) is 14.8. The molecule has 1 aromatic carbocycles. The second-order valence-electron chi connectivity index (χ2n) is 5.87. The van der Waals surface area contributed by atoms with Crippen molar-refractivity contribution in [3.63, 3.8) is 0 Å². The van der Waals surface area contributed by atoms with Gasteiger partial charge < -0.3 is 19.9 Å². The van der Waals surface area contributed by atoms with Crippen LogP contribution < -0.4 is 10.1 Å². The molecule has 1 atom stereocenters. The van der Waals surface area contributed by atoms with Crippen LogP contribution in [-0.2, 0) is 11.3 Å². The lowest BCUT2D eigenvalue weighted by Crippen LogP contribution is -2.36. The topological polar surface area (TPSA) is 67.8 Å². The van der Waals surface area contributed by atoms with E-state index in [1.54, 1.807) is 6.07 Å². The number of carbonyl (C=O) groups excluding carboxylic acids is 1. The second-order valence-corrected chi connectivity index (χ2v) is 5.87. The summed E-state index contributed by atoms with van der Waals surface area (Å²) in [5.74, 6) is 0.712. The van der Waals surface area contributed by atoms with E-state index in [4.69, 9.17) is 14.6 Å². The Labute approximate surface area is 118 Å². The van der Waals surface area contributed by atoms with Gasteiger partial charge in [0.25, 0.3) is 0 Å². The highest BCUT2D eigenvalue weighted by Crippen LogP contribution is 2.33. The van der Waals surface area contributed by atoms with Gasteiger partial charge in [0.2, 0.25) is 0 Å². The Morgan fingerprint density at radius 3 is 2.90 bits per heavy atom. The molecule has 0 spiro atoms. The standard InChI is InChI=1S/C15H21NO4/c1-15(2,3)20-14(18)16-12-6-7-19-13-8-10(9-17)4-5-11(12)13/h4-5,8,12,17H,6-7,9H2,1-3H3,(H,16,18)/t12-/m1/s1. The van der Waals surface area contributed by atoms with E-state index < -0.39 is 11.7 Å². The first-order chi connectivity index (χ1) is 9.39. The van der Waals surface area contributed by atoms with Crippen molar-refractivity contribution >= 4 is 6.09 Å². The zero-order valence-electron chi connectivity index (χ0n) is 12.1. The number of hydrogen-bond acceptors (Lipinski definition) is 4. The Bertz CT molecular complexity index is 493. The number of benzene rings is 1. The number of rotatable bonds is 2. The molecule has 5 nitrogen and oxygen atoms in total. The summed E-state index contributed by atoms with van der Waals surface area (Å²) in [5, 5.41) is 12.0. The third kappa shape index (κ3) is 3.63. The summed E-state index contributed by atoms with van der Waals surface area (Å²) in [6.07, 6.45) is 0.270. The van der Waals surface area contributed by atoms with Gasteiger partial charge in [0.1, 0.15) is 11.4 Å². The number of hydrogen-bond donors (Lipinski definition) is 2. The van der Waals surface area contributed by atoms with Gasteiger partial charge in [0.15, 0.2) is 0 Å². The van der Waals surface area contributed by atoms with E-state index in [0.29, 0.717) is 18.8 Å². The maximum atomic E-state index is 11.8. The van der Waals surface area contributed by atoms with Gasteiger partial charge in [0, 0.05) is 12.0 Å². The van der Waals surface area contributed by atoms with Gasteiger partial charge >= 0.3 is 6.09 Å². The van der Waals surface area contributed by atoms with Crippen LogP contribution in [0.1, 0.15) is 44.4 Å². The van der Waals surface area contributed by atoms with Crippen LogP contribution in [0.2, 0.25) is 0 Å². The molecule has 20 heavy (non-hydrogen) atoms. The van der Waals surface area contributed by atoms with Crippen molar-refractivity contribution in [1.29, 1.82) is 0 Å². The average Bonchev–Trinajstić information content (AvgIpc) is 2.36. The first-order valence-electron chi connectivity index (χ1n) is 6.75. The molecule has 1 heterocycles. The number of fused-ring (bicyclic) bond motifs is 1. The predicted molar refractivity (Wildman–Crippen MR) is 74.6 cm³/mol. The molecular weight excluding hydrogens is 258 g/mol. The van der Waals surface area contributed by atoms with Gasteiger partial charge in [-0.2, -0.15) is 0 Å². The monoisotopic (exact) mass is 279 g/mol. The zero-order valence-corrected chi connectivity index (χ0v) is 12.1. The molecule has 110 valence electrons. The Kier molecular flexibility index (Phi) is 4.18. The first kappa shape index (κ1) is 14.7. The maximum Gasteiger partial charge on any atom is 0.408 e. The molecule has 2 N–H and O–H groups in total. The smallest absolute Gasteiger partial charge is 0.408 e. The van der Waals surface area contributed by atoms with Gasteiger partial charge in [-0.15, -0.1) is 0 Å². The van der Waals surface area contributed by atoms with Crippen molar-refractivity contribution in [3.8, 4) is 5.75 Å². The summed E-state index contributed by atoms with van der Waals surface area (Å²) in [4.78, 5) is 11.8. The Balaban J connectivity index is 2.10. The van der Waals surface area contributed by atoms with Crippen LogP contribution >= 0.6 is 0 Å². The lowest BCUT2D eigenvalue weighted by atomic mass is 9.99. The molecule has 0 aromatic heterocycles. The van der Waals surface area contributed by atoms with E-state index in [9.17, 15) is 4.79 Å². The number of aliphatic hydroxyl groups is 1. The molecule has 0 saturated heterocycles. The number of nitrogens with one attached hydrogen (secondary N) is 1. The SMILES string of the molecule is CC(C)(C)OC(=O)N[C@@H]1CCOc2cc(CO)ccc21. The van der Waals surface area contributed by atoms with Gasteiger partial charge in [-0.3, -0.25) is 0 Å². The van der Waals surface area contributed by atoms with Gasteiger partial charge in [-0.1, -0.05) is 12.1 Å². The van der Waals surface area contributed by atoms with Crippen molar-refractivity contribution in [2.75, 3.05) is 6.61 Å². The van der Waals surface area contributed by atoms with E-state index in [0.717, 1.165) is 11.1 Å². The van der Waals surface area contributed by atoms with Crippen LogP contribution in [0, 0.1) is 0 Å². The summed E-state index contributed by atoms with van der Waals surface area (Å²) in [7, 11) is 0. The van der Waals surface area contributed by atoms with Crippen molar-refractivity contribution in [1.82, 2.24) is 5.32 Å². The van der Waals surface area contributed by atoms with E-state index in [1.165, 1.54) is 0 Å². The molecule has 1 aliphatic heterocycles. The van der Waals surface area contributed by atoms with Crippen molar-refractivity contribution < 1.29 is 19.4 Å². The molecule has 0 radical (unpaired) electrons. The van der Waals surface area contributed by atoms with Crippen molar-refractivity contribution in [2.45, 2.75) is 45.4 Å². The summed E-state index contributed by atoms with van der Waals surface area (Å²) in [6.45, 7) is 6.00. The number of aliphatic hydroxyl groups excluding tert-OH is 1. The summed E-state index contributed by atoms with van der Waals surface area (Å²) in [6, 6.07) is 5.39. The van der Waals surface area contributed by atoms with Crippen LogP contribution in [0.4, 0.5) is 4.79 Å². The molecule has 0 aliphatic carbocycles. The van der Waals surface area contributed by atoms with Crippen molar-refractivity contribution in [3.05, 3.63) is 29.3 Å². The Morgan fingerprint density at radius 1 is 1.50 bits per heavy atom. The minimum absolute atomic E-state index is 0.0270. The van der Waals surface area contributed by atoms with Crippen LogP contribution in [0.3, 0.4) is 0 Å². The van der Waals surface area contributed by atoms with E-state index in [-0.39, 0.29) is 12.6 Å². The molecule has 0 bridgehead atoms. The molecule has 0 fully saturated rings. The number of alkyl carbamates (subject to hydrolysis) is 1. The second kappa shape index (κ2) is 5.71. The Hall–Kier alpha value is -1.75. The summed E-state index contributed by atoms with van der Waals surface area (Å²) in [5.41, 5.74) is 1.19. The van der Waals surface area contributed by atoms with Gasteiger partial charge in [0.05, 0.1) is 19.3 Å². The quantitative estimate of drug-likeness (QED) is 0.873. The summed E-state index contributed by atoms with van der Waals surface area (Å²) >= 11 is 0. The molecular formula is C15H21NO4. The van der Waals surface area contributed by atoms with E-state index >= 15 is 0 Å². The lowest BCUT2D eigenvalue weighted by Gasteiger charge is -2.28. The molecule has 0 saturated carbocycles. The van der Waals surface area contributed by atoms with Gasteiger partial charge in [-0.05, 0) is 32.4 Å². The number of ether oxygens (including phenoxy) is 2. The molecule has 5 heteroatoms. The summed E-state index contributed by atoms with van der Waals surface area (Å²) < 4.78 is 10.8. The molecule has 0 unspecified atom stereocenters. The minimum Gasteiger partial charge on any atom is -0.493 e. The highest BCUT2D eigenvalue weighted by atomic mass is 16.6. The predicted octanol–water partition coefficient (Wildman–Crippen LogP) is 2.53. The largest absolute Gasteiger partial charge is 0.493 e. The normalized spacial score (nSPS) is 17.9. The highest BCUT2D eigenvalue weighted by Gasteiger charge is 2.25. The van der Waals surface area contributed by atoms with Gasteiger partial charge in [-0.25, -0.2) is 4.79 Å². The number of amides is 1. The fourth-order valence-corrected chi connectivity index (χ4v) is 2.13. The van der Waals surface area contributed by atoms with Crippen LogP contribution in [0.5, 0.6) is 5.75 Å². The fourth-order valence-electron chi connectivity index (χ4n) is 2.13. The highest BCUT2D eigenvalue weighted by molar-refractivity contribution is 5.68. The van der Waals surface area contributed by atoms with E-state index in [2.05, 4.69) is 5.32 Å². The minimum atomic E-state index is -0.515. The van der Waals surface area contributed by atoms with Crippen LogP contribution in [0.25, 0.3) is 0 Å². The average molecular weight is 279 g/mol. The third-order valence-corrected chi connectivity index (χ3v) is 2.99. The van der Waals surface area contributed by atoms with Crippen LogP contribution in [0.15, 0.2) is 18.2 Å². The molecule has 1 aromatic rings. The van der Waals surface area contributed by atoms with E-state index in [1.807, 2.05) is 32.9 Å². The molecule has 2 rings (SSSR count). The fraction of sp³-hybridized carbons (Fsp3) is 0.533. The first-order valence-corrected chi connectivity index (χ1v) is 6.75. The number of carbonyl (C=O) groups is 1. The lowest BCUT2D eigenvalue weighted by molar-refractivity contribution is 0.0491. The molecule has 1 aliphatic rings. The van der Waals surface area contributed by atoms with Crippen molar-refractivity contribution in [2.24, 2.45) is 0 Å². The third-order valence-electron chi connectivity index (χ3n) is 2.99. The Morgan fingerprint density at radius 2 is 2.25 bits per heavy atom. The maximum absolute atomic E-state index is 11.8. The molecule has 1 amide bonds. The van der Waals surface area contributed by atoms with Crippen LogP contribution in [-0.4, -0.2) is 23.4 Å².